The van der Waals surface area contributed by atoms with Gasteiger partial charge in [0.15, 0.2) is 0 Å². The molecule has 0 spiro atoms. The van der Waals surface area contributed by atoms with Crippen molar-refractivity contribution in [2.45, 2.75) is 45.1 Å². The van der Waals surface area contributed by atoms with Gasteiger partial charge in [-0.3, -0.25) is 19.7 Å². The largest absolute Gasteiger partial charge is 0.344 e. The van der Waals surface area contributed by atoms with Gasteiger partial charge in [0.1, 0.15) is 6.04 Å². The van der Waals surface area contributed by atoms with E-state index < -0.39 is 6.04 Å². The van der Waals surface area contributed by atoms with Crippen molar-refractivity contribution in [2.75, 3.05) is 0 Å². The molecule has 5 heteroatoms. The fourth-order valence-corrected chi connectivity index (χ4v) is 2.10. The molecule has 2 fully saturated rings. The van der Waals surface area contributed by atoms with Gasteiger partial charge in [0.25, 0.3) is 0 Å². The van der Waals surface area contributed by atoms with Gasteiger partial charge in [0.2, 0.25) is 17.7 Å². The molecule has 1 heterocycles. The Morgan fingerprint density at radius 2 is 2.12 bits per heavy atom. The Hall–Kier alpha value is -1.39. The van der Waals surface area contributed by atoms with E-state index >= 15 is 0 Å². The van der Waals surface area contributed by atoms with E-state index in [1.54, 1.807) is 0 Å². The molecule has 0 aromatic rings. The van der Waals surface area contributed by atoms with Gasteiger partial charge in [-0.25, -0.2) is 0 Å². The van der Waals surface area contributed by atoms with Crippen molar-refractivity contribution in [1.82, 2.24) is 10.6 Å². The van der Waals surface area contributed by atoms with Crippen molar-refractivity contribution in [2.24, 2.45) is 5.41 Å². The number of hydrogen-bond donors (Lipinski definition) is 2. The fourth-order valence-electron chi connectivity index (χ4n) is 2.10. The van der Waals surface area contributed by atoms with Crippen molar-refractivity contribution >= 4 is 17.7 Å². The summed E-state index contributed by atoms with van der Waals surface area (Å²) in [7, 11) is 0. The van der Waals surface area contributed by atoms with E-state index in [0.717, 1.165) is 19.3 Å². The molecule has 2 rings (SSSR count). The summed E-state index contributed by atoms with van der Waals surface area (Å²) in [5.41, 5.74) is -0.304. The molecule has 2 aliphatic rings. The van der Waals surface area contributed by atoms with E-state index in [1.807, 2.05) is 6.92 Å². The maximum atomic E-state index is 11.9. The van der Waals surface area contributed by atoms with E-state index in [4.69, 9.17) is 0 Å². The predicted molar refractivity (Wildman–Crippen MR) is 56.3 cm³/mol. The Labute approximate surface area is 94.0 Å². The number of imide groups is 1. The van der Waals surface area contributed by atoms with Crippen LogP contribution in [0.2, 0.25) is 0 Å². The van der Waals surface area contributed by atoms with Crippen LogP contribution in [0.1, 0.15) is 39.0 Å². The van der Waals surface area contributed by atoms with Crippen LogP contribution >= 0.6 is 0 Å². The summed E-state index contributed by atoms with van der Waals surface area (Å²) in [5, 5.41) is 4.96. The average molecular weight is 224 g/mol. The van der Waals surface area contributed by atoms with E-state index in [1.165, 1.54) is 0 Å². The molecule has 1 atom stereocenters. The standard InChI is InChI=1S/C11H16N2O3/c1-11(5-2-6-11)10(16)12-7-3-4-8(14)13-9(7)15/h7H,2-6H2,1H3,(H,12,16)(H,13,14,15). The van der Waals surface area contributed by atoms with Gasteiger partial charge in [-0.15, -0.1) is 0 Å². The van der Waals surface area contributed by atoms with Gasteiger partial charge in [-0.1, -0.05) is 13.3 Å². The Kier molecular flexibility index (Phi) is 2.69. The molecule has 1 aliphatic carbocycles. The Morgan fingerprint density at radius 1 is 1.44 bits per heavy atom. The quantitative estimate of drug-likeness (QED) is 0.653. The molecule has 88 valence electrons. The molecule has 1 saturated heterocycles. The average Bonchev–Trinajstić information content (AvgIpc) is 2.18. The smallest absolute Gasteiger partial charge is 0.249 e. The second-order valence-corrected chi connectivity index (χ2v) is 4.89. The molecule has 3 amide bonds. The molecular weight excluding hydrogens is 208 g/mol. The van der Waals surface area contributed by atoms with Crippen LogP contribution in [0, 0.1) is 5.41 Å². The maximum absolute atomic E-state index is 11.9. The van der Waals surface area contributed by atoms with Gasteiger partial charge < -0.3 is 5.32 Å². The van der Waals surface area contributed by atoms with Gasteiger partial charge in [-0.2, -0.15) is 0 Å². The molecule has 0 radical (unpaired) electrons. The molecule has 1 aliphatic heterocycles. The minimum Gasteiger partial charge on any atom is -0.344 e. The lowest BCUT2D eigenvalue weighted by atomic mass is 9.69. The Morgan fingerprint density at radius 3 is 2.62 bits per heavy atom. The molecule has 16 heavy (non-hydrogen) atoms. The summed E-state index contributed by atoms with van der Waals surface area (Å²) in [5.74, 6) is -0.703. The maximum Gasteiger partial charge on any atom is 0.249 e. The van der Waals surface area contributed by atoms with Crippen LogP contribution in [-0.2, 0) is 14.4 Å². The van der Waals surface area contributed by atoms with Crippen molar-refractivity contribution in [3.8, 4) is 0 Å². The predicted octanol–water partition coefficient (Wildman–Crippen LogP) is 0.0980. The number of piperidine rings is 1. The van der Waals surface area contributed by atoms with Crippen molar-refractivity contribution in [3.63, 3.8) is 0 Å². The number of rotatable bonds is 2. The van der Waals surface area contributed by atoms with Crippen LogP contribution in [0.4, 0.5) is 0 Å². The van der Waals surface area contributed by atoms with Crippen molar-refractivity contribution in [3.05, 3.63) is 0 Å². The van der Waals surface area contributed by atoms with E-state index in [0.29, 0.717) is 12.8 Å². The number of hydrogen-bond acceptors (Lipinski definition) is 3. The molecule has 0 aromatic carbocycles. The Balaban J connectivity index is 1.92. The summed E-state index contributed by atoms with van der Waals surface area (Å²) < 4.78 is 0. The zero-order valence-electron chi connectivity index (χ0n) is 9.34. The summed E-state index contributed by atoms with van der Waals surface area (Å²) in [6.45, 7) is 1.91. The molecule has 2 N–H and O–H groups in total. The lowest BCUT2D eigenvalue weighted by molar-refractivity contribution is -0.141. The second-order valence-electron chi connectivity index (χ2n) is 4.89. The summed E-state index contributed by atoms with van der Waals surface area (Å²) in [6.07, 6.45) is 3.54. The van der Waals surface area contributed by atoms with Gasteiger partial charge in [-0.05, 0) is 19.3 Å². The molecule has 1 unspecified atom stereocenters. The van der Waals surface area contributed by atoms with E-state index in [2.05, 4.69) is 10.6 Å². The number of amides is 3. The minimum absolute atomic E-state index is 0.0618. The molecule has 1 saturated carbocycles. The molecule has 0 aromatic heterocycles. The summed E-state index contributed by atoms with van der Waals surface area (Å²) in [6, 6.07) is -0.539. The lowest BCUT2D eigenvalue weighted by Gasteiger charge is -2.38. The van der Waals surface area contributed by atoms with Crippen LogP contribution < -0.4 is 10.6 Å². The highest BCUT2D eigenvalue weighted by Crippen LogP contribution is 2.40. The van der Waals surface area contributed by atoms with Crippen LogP contribution in [0.25, 0.3) is 0 Å². The zero-order chi connectivity index (χ0) is 11.8. The summed E-state index contributed by atoms with van der Waals surface area (Å²) >= 11 is 0. The monoisotopic (exact) mass is 224 g/mol. The number of carbonyl (C=O) groups is 3. The third-order valence-corrected chi connectivity index (χ3v) is 3.55. The highest BCUT2D eigenvalue weighted by atomic mass is 16.2. The Bertz CT molecular complexity index is 347. The van der Waals surface area contributed by atoms with Crippen LogP contribution in [0.3, 0.4) is 0 Å². The minimum atomic E-state index is -0.539. The zero-order valence-corrected chi connectivity index (χ0v) is 9.34. The SMILES string of the molecule is CC1(C(=O)NC2CCC(=O)NC2=O)CCC1. The number of carbonyl (C=O) groups excluding carboxylic acids is 3. The van der Waals surface area contributed by atoms with E-state index in [-0.39, 0.29) is 23.1 Å². The van der Waals surface area contributed by atoms with Crippen molar-refractivity contribution < 1.29 is 14.4 Å². The first-order chi connectivity index (χ1) is 7.51. The van der Waals surface area contributed by atoms with Crippen molar-refractivity contribution in [1.29, 1.82) is 0 Å². The van der Waals surface area contributed by atoms with Gasteiger partial charge in [0, 0.05) is 11.8 Å². The highest BCUT2D eigenvalue weighted by molar-refractivity contribution is 6.02. The molecular formula is C11H16N2O3. The highest BCUT2D eigenvalue weighted by Gasteiger charge is 2.41. The van der Waals surface area contributed by atoms with Crippen LogP contribution in [-0.4, -0.2) is 23.8 Å². The third kappa shape index (κ3) is 1.94. The molecule has 5 nitrogen and oxygen atoms in total. The first kappa shape index (κ1) is 11.1. The van der Waals surface area contributed by atoms with Crippen LogP contribution in [0.5, 0.6) is 0 Å². The number of nitrogens with one attached hydrogen (secondary N) is 2. The first-order valence-corrected chi connectivity index (χ1v) is 5.66. The van der Waals surface area contributed by atoms with Crippen LogP contribution in [0.15, 0.2) is 0 Å². The van der Waals surface area contributed by atoms with Gasteiger partial charge >= 0.3 is 0 Å². The third-order valence-electron chi connectivity index (χ3n) is 3.55. The second kappa shape index (κ2) is 3.88. The molecule has 0 bridgehead atoms. The fraction of sp³-hybridized carbons (Fsp3) is 0.727. The summed E-state index contributed by atoms with van der Waals surface area (Å²) in [4.78, 5) is 34.2. The lowest BCUT2D eigenvalue weighted by Crippen LogP contribution is -2.56. The normalized spacial score (nSPS) is 27.9. The van der Waals surface area contributed by atoms with E-state index in [9.17, 15) is 14.4 Å². The topological polar surface area (TPSA) is 75.3 Å². The first-order valence-electron chi connectivity index (χ1n) is 5.66. The van der Waals surface area contributed by atoms with Gasteiger partial charge in [0.05, 0.1) is 0 Å².